The first-order chi connectivity index (χ1) is 12.0. The van der Waals surface area contributed by atoms with Crippen LogP contribution in [0.15, 0.2) is 18.2 Å². The molecule has 26 heavy (non-hydrogen) atoms. The predicted octanol–water partition coefficient (Wildman–Crippen LogP) is 2.31. The van der Waals surface area contributed by atoms with Gasteiger partial charge in [0.1, 0.15) is 30.9 Å². The van der Waals surface area contributed by atoms with Crippen molar-refractivity contribution in [2.75, 3.05) is 19.0 Å². The van der Waals surface area contributed by atoms with Gasteiger partial charge in [-0.25, -0.2) is 13.0 Å². The molecule has 0 amide bonds. The van der Waals surface area contributed by atoms with E-state index in [1.807, 2.05) is 24.5 Å². The molecule has 1 aromatic carbocycles. The smallest absolute Gasteiger partial charge is 0.167 e. The van der Waals surface area contributed by atoms with Gasteiger partial charge >= 0.3 is 0 Å². The topological polar surface area (TPSA) is 72.8 Å². The molecule has 1 saturated heterocycles. The Morgan fingerprint density at radius 3 is 2.42 bits per heavy atom. The Hall–Kier alpha value is -0.713. The number of aliphatic hydroxyl groups is 1. The molecule has 2 rings (SSSR count). The number of hydrogen-bond donors (Lipinski definition) is 3. The van der Waals surface area contributed by atoms with Crippen LogP contribution in [0.25, 0.3) is 0 Å². The fraction of sp³-hybridized carbons (Fsp3) is 0.647. The van der Waals surface area contributed by atoms with E-state index >= 15 is 0 Å². The predicted molar refractivity (Wildman–Crippen MR) is 102 cm³/mol. The molecule has 1 aliphatic heterocycles. The molecule has 3 N–H and O–H groups in total. The second-order valence-electron chi connectivity index (χ2n) is 8.01. The lowest BCUT2D eigenvalue weighted by atomic mass is 10.0. The standard InChI is InChI=1S/C17H28F2N2O3SSi/c1-26(2,3)17(22,11-13-4-5-14(18)10-16(13)19)20-15-6-8-21(9-7-15)12-25(23)24/h4-5,10,15,20,22H,6-9,11-12H2,1-3H3,(H,23,24). The van der Waals surface area contributed by atoms with E-state index in [0.717, 1.165) is 18.9 Å². The van der Waals surface area contributed by atoms with E-state index in [9.17, 15) is 18.1 Å². The van der Waals surface area contributed by atoms with E-state index in [0.29, 0.717) is 13.1 Å². The molecule has 1 fully saturated rings. The third kappa shape index (κ3) is 5.64. The van der Waals surface area contributed by atoms with Crippen LogP contribution in [-0.2, 0) is 17.5 Å². The van der Waals surface area contributed by atoms with Gasteiger partial charge in [0.15, 0.2) is 11.1 Å². The van der Waals surface area contributed by atoms with Gasteiger partial charge in [-0.3, -0.25) is 10.2 Å². The summed E-state index contributed by atoms with van der Waals surface area (Å²) in [6.45, 7) is 7.34. The number of likely N-dealkylation sites (tertiary alicyclic amines) is 1. The molecule has 0 aliphatic carbocycles. The maximum Gasteiger partial charge on any atom is 0.167 e. The lowest BCUT2D eigenvalue weighted by Gasteiger charge is -2.44. The first kappa shape index (κ1) is 21.6. The fourth-order valence-corrected chi connectivity index (χ4v) is 5.10. The lowest BCUT2D eigenvalue weighted by Crippen LogP contribution is -2.67. The highest BCUT2D eigenvalue weighted by atomic mass is 32.2. The van der Waals surface area contributed by atoms with Crippen molar-refractivity contribution in [3.05, 3.63) is 35.4 Å². The van der Waals surface area contributed by atoms with Gasteiger partial charge in [0, 0.05) is 31.6 Å². The molecule has 0 bridgehead atoms. The number of rotatable bonds is 7. The monoisotopic (exact) mass is 406 g/mol. The van der Waals surface area contributed by atoms with Crippen molar-refractivity contribution < 1.29 is 22.6 Å². The van der Waals surface area contributed by atoms with E-state index in [4.69, 9.17) is 4.55 Å². The fourth-order valence-electron chi connectivity index (χ4n) is 3.17. The third-order valence-corrected chi connectivity index (χ3v) is 8.41. The second-order valence-corrected chi connectivity index (χ2v) is 14.2. The number of nitrogens with one attached hydrogen (secondary N) is 1. The summed E-state index contributed by atoms with van der Waals surface area (Å²) in [6.07, 6.45) is 1.54. The Balaban J connectivity index is 2.09. The van der Waals surface area contributed by atoms with Gasteiger partial charge in [-0.1, -0.05) is 25.7 Å². The lowest BCUT2D eigenvalue weighted by molar-refractivity contribution is 0.0514. The van der Waals surface area contributed by atoms with Crippen LogP contribution in [0.5, 0.6) is 0 Å². The molecule has 1 aliphatic rings. The Morgan fingerprint density at radius 2 is 1.92 bits per heavy atom. The van der Waals surface area contributed by atoms with E-state index < -0.39 is 36.1 Å². The molecule has 2 atom stereocenters. The number of hydrogen-bond acceptors (Lipinski definition) is 4. The summed E-state index contributed by atoms with van der Waals surface area (Å²) in [7, 11) is -2.18. The maximum atomic E-state index is 14.1. The molecule has 1 aromatic rings. The van der Waals surface area contributed by atoms with Crippen molar-refractivity contribution in [1.29, 1.82) is 0 Å². The van der Waals surface area contributed by atoms with Crippen molar-refractivity contribution in [3.8, 4) is 0 Å². The van der Waals surface area contributed by atoms with Crippen LogP contribution in [-0.4, -0.2) is 57.2 Å². The SMILES string of the molecule is C[Si](C)(C)C(O)(Cc1ccc(F)cc1F)NC1CCN(CS(=O)O)CC1. The molecule has 148 valence electrons. The normalized spacial score (nSPS) is 20.7. The minimum atomic E-state index is -2.18. The zero-order valence-corrected chi connectivity index (χ0v) is 17.3. The Labute approximate surface area is 157 Å². The van der Waals surface area contributed by atoms with Crippen molar-refractivity contribution in [3.63, 3.8) is 0 Å². The number of piperidine rings is 1. The van der Waals surface area contributed by atoms with Gasteiger partial charge < -0.3 is 9.66 Å². The van der Waals surface area contributed by atoms with Crippen molar-refractivity contribution in [2.45, 2.75) is 50.3 Å². The average Bonchev–Trinajstić information content (AvgIpc) is 2.50. The highest BCUT2D eigenvalue weighted by Crippen LogP contribution is 2.27. The molecule has 0 spiro atoms. The molecule has 0 saturated carbocycles. The molecule has 1 heterocycles. The van der Waals surface area contributed by atoms with Crippen LogP contribution in [0, 0.1) is 11.6 Å². The zero-order valence-electron chi connectivity index (χ0n) is 15.5. The van der Waals surface area contributed by atoms with Crippen molar-refractivity contribution >= 4 is 19.2 Å². The quantitative estimate of drug-likeness (QED) is 0.368. The van der Waals surface area contributed by atoms with Crippen LogP contribution >= 0.6 is 0 Å². The van der Waals surface area contributed by atoms with Crippen LogP contribution in [0.4, 0.5) is 8.78 Å². The summed E-state index contributed by atoms with van der Waals surface area (Å²) in [4.78, 5) is 1.92. The molecule has 9 heteroatoms. The summed E-state index contributed by atoms with van der Waals surface area (Å²) in [5.74, 6) is -1.15. The molecule has 0 aromatic heterocycles. The third-order valence-electron chi connectivity index (χ3n) is 5.03. The minimum Gasteiger partial charge on any atom is -0.379 e. The Bertz CT molecular complexity index is 651. The van der Waals surface area contributed by atoms with Gasteiger partial charge in [0.05, 0.1) is 0 Å². The Morgan fingerprint density at radius 1 is 1.31 bits per heavy atom. The van der Waals surface area contributed by atoms with Crippen LogP contribution in [0.3, 0.4) is 0 Å². The van der Waals surface area contributed by atoms with E-state index in [-0.39, 0.29) is 23.9 Å². The summed E-state index contributed by atoms with van der Waals surface area (Å²) in [6, 6.07) is 3.47. The number of benzene rings is 1. The molecule has 0 radical (unpaired) electrons. The summed E-state index contributed by atoms with van der Waals surface area (Å²) in [5, 5.41) is 13.4. The first-order valence-electron chi connectivity index (χ1n) is 8.74. The van der Waals surface area contributed by atoms with Crippen LogP contribution in [0.2, 0.25) is 19.6 Å². The largest absolute Gasteiger partial charge is 0.379 e. The first-order valence-corrected chi connectivity index (χ1v) is 13.5. The van der Waals surface area contributed by atoms with Gasteiger partial charge in [-0.05, 0) is 24.5 Å². The highest BCUT2D eigenvalue weighted by molar-refractivity contribution is 7.79. The summed E-state index contributed by atoms with van der Waals surface area (Å²) in [5.41, 5.74) is 0.289. The minimum absolute atomic E-state index is 0.0404. The maximum absolute atomic E-state index is 14.1. The number of nitrogens with zero attached hydrogens (tertiary/aromatic N) is 1. The Kier molecular flexibility index (Phi) is 7.08. The second kappa shape index (κ2) is 8.53. The molecule has 5 nitrogen and oxygen atoms in total. The zero-order chi connectivity index (χ0) is 19.5. The van der Waals surface area contributed by atoms with Crippen LogP contribution in [0.1, 0.15) is 18.4 Å². The van der Waals surface area contributed by atoms with Crippen molar-refractivity contribution in [2.24, 2.45) is 0 Å². The van der Waals surface area contributed by atoms with Gasteiger partial charge in [0.2, 0.25) is 0 Å². The van der Waals surface area contributed by atoms with Gasteiger partial charge in [-0.2, -0.15) is 0 Å². The molecular formula is C17H28F2N2O3SSi. The highest BCUT2D eigenvalue weighted by Gasteiger charge is 2.43. The van der Waals surface area contributed by atoms with Crippen LogP contribution < -0.4 is 5.32 Å². The number of halogens is 2. The van der Waals surface area contributed by atoms with E-state index in [1.165, 1.54) is 12.1 Å². The van der Waals surface area contributed by atoms with E-state index in [2.05, 4.69) is 5.32 Å². The van der Waals surface area contributed by atoms with Crippen molar-refractivity contribution in [1.82, 2.24) is 10.2 Å². The van der Waals surface area contributed by atoms with Gasteiger partial charge in [0.25, 0.3) is 0 Å². The summed E-state index contributed by atoms with van der Waals surface area (Å²) >= 11 is -1.85. The van der Waals surface area contributed by atoms with E-state index in [1.54, 1.807) is 0 Å². The molecular weight excluding hydrogens is 378 g/mol. The van der Waals surface area contributed by atoms with Gasteiger partial charge in [-0.15, -0.1) is 0 Å². The summed E-state index contributed by atoms with van der Waals surface area (Å²) < 4.78 is 47.2. The average molecular weight is 407 g/mol. The molecule has 2 unspecified atom stereocenters.